The summed E-state index contributed by atoms with van der Waals surface area (Å²) in [5.74, 6) is -0.790. The lowest BCUT2D eigenvalue weighted by atomic mass is 10.2. The topological polar surface area (TPSA) is 65.5 Å². The molecule has 0 bridgehead atoms. The monoisotopic (exact) mass is 291 g/mol. The predicted molar refractivity (Wildman–Crippen MR) is 72.0 cm³/mol. The highest BCUT2D eigenvalue weighted by molar-refractivity contribution is 6.30. The molecule has 0 saturated heterocycles. The van der Waals surface area contributed by atoms with E-state index in [1.54, 1.807) is 6.07 Å². The second-order valence-electron chi connectivity index (χ2n) is 3.76. The van der Waals surface area contributed by atoms with E-state index in [0.29, 0.717) is 16.3 Å². The minimum atomic E-state index is -0.627. The standard InChI is InChI=1S/C14H10ClNO4/c1-19-13(17)9-2-4-11(5-3-9)20-14(18)12-8-10(15)6-7-16-12/h2-8H,1H3. The summed E-state index contributed by atoms with van der Waals surface area (Å²) in [5, 5.41) is 0.396. The van der Waals surface area contributed by atoms with E-state index in [2.05, 4.69) is 9.72 Å². The zero-order chi connectivity index (χ0) is 14.5. The summed E-state index contributed by atoms with van der Waals surface area (Å²) >= 11 is 5.76. The van der Waals surface area contributed by atoms with E-state index in [9.17, 15) is 9.59 Å². The van der Waals surface area contributed by atoms with Crippen LogP contribution in [0.2, 0.25) is 5.02 Å². The van der Waals surface area contributed by atoms with Gasteiger partial charge in [0.15, 0.2) is 0 Å². The molecule has 6 heteroatoms. The molecule has 20 heavy (non-hydrogen) atoms. The fraction of sp³-hybridized carbons (Fsp3) is 0.0714. The highest BCUT2D eigenvalue weighted by Gasteiger charge is 2.11. The first-order valence-electron chi connectivity index (χ1n) is 5.62. The average molecular weight is 292 g/mol. The minimum absolute atomic E-state index is 0.106. The molecular weight excluding hydrogens is 282 g/mol. The largest absolute Gasteiger partial charge is 0.465 e. The number of nitrogens with zero attached hydrogens (tertiary/aromatic N) is 1. The Morgan fingerprint density at radius 2 is 1.80 bits per heavy atom. The van der Waals surface area contributed by atoms with Gasteiger partial charge in [-0.1, -0.05) is 11.6 Å². The van der Waals surface area contributed by atoms with Crippen LogP contribution in [-0.2, 0) is 4.74 Å². The van der Waals surface area contributed by atoms with E-state index in [0.717, 1.165) is 0 Å². The highest BCUT2D eigenvalue weighted by atomic mass is 35.5. The van der Waals surface area contributed by atoms with Gasteiger partial charge in [-0.15, -0.1) is 0 Å². The van der Waals surface area contributed by atoms with Crippen LogP contribution < -0.4 is 4.74 Å². The molecule has 0 aliphatic heterocycles. The van der Waals surface area contributed by atoms with Crippen LogP contribution in [0.4, 0.5) is 0 Å². The molecule has 5 nitrogen and oxygen atoms in total. The molecule has 0 unspecified atom stereocenters. The molecule has 0 N–H and O–H groups in total. The Bertz CT molecular complexity index is 640. The van der Waals surface area contributed by atoms with Gasteiger partial charge in [-0.25, -0.2) is 14.6 Å². The maximum atomic E-state index is 11.8. The van der Waals surface area contributed by atoms with E-state index in [-0.39, 0.29) is 5.69 Å². The van der Waals surface area contributed by atoms with Crippen molar-refractivity contribution in [3.63, 3.8) is 0 Å². The van der Waals surface area contributed by atoms with Crippen molar-refractivity contribution in [2.45, 2.75) is 0 Å². The summed E-state index contributed by atoms with van der Waals surface area (Å²) in [6.45, 7) is 0. The molecule has 0 saturated carbocycles. The third-order valence-corrected chi connectivity index (χ3v) is 2.65. The second-order valence-corrected chi connectivity index (χ2v) is 4.20. The molecule has 1 heterocycles. The Morgan fingerprint density at radius 3 is 2.40 bits per heavy atom. The van der Waals surface area contributed by atoms with Gasteiger partial charge in [-0.05, 0) is 36.4 Å². The fourth-order valence-corrected chi connectivity index (χ4v) is 1.61. The molecule has 2 rings (SSSR count). The quantitative estimate of drug-likeness (QED) is 0.642. The van der Waals surface area contributed by atoms with Crippen LogP contribution in [0.1, 0.15) is 20.8 Å². The Kier molecular flexibility index (Phi) is 4.32. The number of carbonyl (C=O) groups excluding carboxylic acids is 2. The first kappa shape index (κ1) is 14.0. The van der Waals surface area contributed by atoms with Gasteiger partial charge in [-0.3, -0.25) is 0 Å². The normalized spacial score (nSPS) is 9.90. The summed E-state index contributed by atoms with van der Waals surface area (Å²) < 4.78 is 9.68. The number of carbonyl (C=O) groups is 2. The van der Waals surface area contributed by atoms with Crippen LogP contribution in [0.15, 0.2) is 42.6 Å². The molecule has 2 aromatic rings. The molecular formula is C14H10ClNO4. The number of methoxy groups -OCH3 is 1. The van der Waals surface area contributed by atoms with Gasteiger partial charge in [-0.2, -0.15) is 0 Å². The van der Waals surface area contributed by atoms with Crippen LogP contribution in [0, 0.1) is 0 Å². The minimum Gasteiger partial charge on any atom is -0.465 e. The zero-order valence-electron chi connectivity index (χ0n) is 10.5. The average Bonchev–Trinajstić information content (AvgIpc) is 2.47. The Labute approximate surface area is 120 Å². The lowest BCUT2D eigenvalue weighted by Gasteiger charge is -2.04. The maximum absolute atomic E-state index is 11.8. The number of aromatic nitrogens is 1. The van der Waals surface area contributed by atoms with Gasteiger partial charge in [0, 0.05) is 11.2 Å². The highest BCUT2D eigenvalue weighted by Crippen LogP contribution is 2.15. The molecule has 102 valence electrons. The van der Waals surface area contributed by atoms with Gasteiger partial charge < -0.3 is 9.47 Å². The molecule has 1 aromatic carbocycles. The number of esters is 2. The molecule has 0 fully saturated rings. The number of pyridine rings is 1. The summed E-state index contributed by atoms with van der Waals surface area (Å²) in [6.07, 6.45) is 1.42. The van der Waals surface area contributed by atoms with Crippen molar-refractivity contribution >= 4 is 23.5 Å². The van der Waals surface area contributed by atoms with Crippen molar-refractivity contribution in [3.8, 4) is 5.75 Å². The van der Waals surface area contributed by atoms with Crippen LogP contribution in [0.5, 0.6) is 5.75 Å². The van der Waals surface area contributed by atoms with Crippen LogP contribution in [0.25, 0.3) is 0 Å². The van der Waals surface area contributed by atoms with E-state index in [1.165, 1.54) is 43.6 Å². The first-order valence-corrected chi connectivity index (χ1v) is 6.00. The van der Waals surface area contributed by atoms with Crippen LogP contribution in [0.3, 0.4) is 0 Å². The Hall–Kier alpha value is -2.40. The van der Waals surface area contributed by atoms with E-state index in [4.69, 9.17) is 16.3 Å². The number of hydrogen-bond acceptors (Lipinski definition) is 5. The molecule has 0 radical (unpaired) electrons. The lowest BCUT2D eigenvalue weighted by Crippen LogP contribution is -2.10. The van der Waals surface area contributed by atoms with Crippen molar-refractivity contribution in [2.75, 3.05) is 7.11 Å². The maximum Gasteiger partial charge on any atom is 0.362 e. The van der Waals surface area contributed by atoms with Crippen molar-refractivity contribution in [1.82, 2.24) is 4.98 Å². The summed E-state index contributed by atoms with van der Waals surface area (Å²) in [6, 6.07) is 8.96. The first-order chi connectivity index (χ1) is 9.60. The number of ether oxygens (including phenoxy) is 2. The molecule has 0 amide bonds. The number of benzene rings is 1. The van der Waals surface area contributed by atoms with Crippen molar-refractivity contribution < 1.29 is 19.1 Å². The van der Waals surface area contributed by atoms with Gasteiger partial charge >= 0.3 is 11.9 Å². The molecule has 1 aromatic heterocycles. The van der Waals surface area contributed by atoms with Crippen molar-refractivity contribution in [2.24, 2.45) is 0 Å². The third-order valence-electron chi connectivity index (χ3n) is 2.42. The lowest BCUT2D eigenvalue weighted by molar-refractivity contribution is 0.0600. The third kappa shape index (κ3) is 3.33. The van der Waals surface area contributed by atoms with Gasteiger partial charge in [0.2, 0.25) is 0 Å². The van der Waals surface area contributed by atoms with Crippen LogP contribution >= 0.6 is 11.6 Å². The molecule has 0 atom stereocenters. The van der Waals surface area contributed by atoms with Gasteiger partial charge in [0.05, 0.1) is 12.7 Å². The summed E-state index contributed by atoms with van der Waals surface area (Å²) in [5.41, 5.74) is 0.475. The molecule has 0 aliphatic rings. The Balaban J connectivity index is 2.10. The zero-order valence-corrected chi connectivity index (χ0v) is 11.3. The summed E-state index contributed by atoms with van der Waals surface area (Å²) in [4.78, 5) is 26.9. The van der Waals surface area contributed by atoms with Crippen LogP contribution in [-0.4, -0.2) is 24.0 Å². The smallest absolute Gasteiger partial charge is 0.362 e. The number of halogens is 1. The molecule has 0 aliphatic carbocycles. The van der Waals surface area contributed by atoms with E-state index in [1.807, 2.05) is 0 Å². The SMILES string of the molecule is COC(=O)c1ccc(OC(=O)c2cc(Cl)ccn2)cc1. The van der Waals surface area contributed by atoms with Gasteiger partial charge in [0.1, 0.15) is 11.4 Å². The van der Waals surface area contributed by atoms with Gasteiger partial charge in [0.25, 0.3) is 0 Å². The Morgan fingerprint density at radius 1 is 1.10 bits per heavy atom. The van der Waals surface area contributed by atoms with Crippen molar-refractivity contribution in [3.05, 3.63) is 58.9 Å². The second kappa shape index (κ2) is 6.16. The molecule has 0 spiro atoms. The fourth-order valence-electron chi connectivity index (χ4n) is 1.45. The van der Waals surface area contributed by atoms with Crippen molar-refractivity contribution in [1.29, 1.82) is 0 Å². The number of hydrogen-bond donors (Lipinski definition) is 0. The van der Waals surface area contributed by atoms with E-state index < -0.39 is 11.9 Å². The predicted octanol–water partition coefficient (Wildman–Crippen LogP) is 2.74. The van der Waals surface area contributed by atoms with E-state index >= 15 is 0 Å². The number of rotatable bonds is 3. The summed E-state index contributed by atoms with van der Waals surface area (Å²) in [7, 11) is 1.29.